The first kappa shape index (κ1) is 16.7. The van der Waals surface area contributed by atoms with Crippen LogP contribution < -0.4 is 10.1 Å². The Bertz CT molecular complexity index is 671. The van der Waals surface area contributed by atoms with E-state index in [1.165, 1.54) is 0 Å². The van der Waals surface area contributed by atoms with Crippen LogP contribution in [0.15, 0.2) is 30.3 Å². The lowest BCUT2D eigenvalue weighted by atomic mass is 10.1. The van der Waals surface area contributed by atoms with Crippen LogP contribution in [0.1, 0.15) is 16.7 Å². The van der Waals surface area contributed by atoms with Gasteiger partial charge in [-0.3, -0.25) is 4.79 Å². The molecule has 0 saturated carbocycles. The first-order valence-electron chi connectivity index (χ1n) is 6.83. The fourth-order valence-corrected chi connectivity index (χ4v) is 2.82. The molecule has 3 nitrogen and oxygen atoms in total. The maximum Gasteiger partial charge on any atom is 0.262 e. The second-order valence-corrected chi connectivity index (χ2v) is 5.98. The van der Waals surface area contributed by atoms with Gasteiger partial charge in [0, 0.05) is 5.69 Å². The lowest BCUT2D eigenvalue weighted by molar-refractivity contribution is -0.118. The normalized spacial score (nSPS) is 10.4. The van der Waals surface area contributed by atoms with Crippen molar-refractivity contribution in [2.24, 2.45) is 0 Å². The van der Waals surface area contributed by atoms with Gasteiger partial charge in [-0.1, -0.05) is 47.0 Å². The molecule has 0 atom stereocenters. The first-order chi connectivity index (χ1) is 10.4. The van der Waals surface area contributed by atoms with Crippen molar-refractivity contribution < 1.29 is 9.53 Å². The molecular weight excluding hydrogens is 321 g/mol. The van der Waals surface area contributed by atoms with Crippen LogP contribution in [0.25, 0.3) is 0 Å². The van der Waals surface area contributed by atoms with E-state index in [1.54, 1.807) is 18.2 Å². The summed E-state index contributed by atoms with van der Waals surface area (Å²) in [4.78, 5) is 12.1. The summed E-state index contributed by atoms with van der Waals surface area (Å²) in [5, 5.41) is 3.62. The van der Waals surface area contributed by atoms with Crippen molar-refractivity contribution in [3.8, 4) is 5.75 Å². The summed E-state index contributed by atoms with van der Waals surface area (Å²) in [7, 11) is 0. The predicted octanol–water partition coefficient (Wildman–Crippen LogP) is 4.94. The Hall–Kier alpha value is -1.71. The average molecular weight is 338 g/mol. The largest absolute Gasteiger partial charge is 0.481 e. The monoisotopic (exact) mass is 337 g/mol. The van der Waals surface area contributed by atoms with Crippen LogP contribution in [0.5, 0.6) is 5.75 Å². The van der Waals surface area contributed by atoms with Gasteiger partial charge in [-0.15, -0.1) is 0 Å². The number of benzene rings is 2. The minimum Gasteiger partial charge on any atom is -0.481 e. The topological polar surface area (TPSA) is 38.3 Å². The third-order valence-electron chi connectivity index (χ3n) is 3.21. The number of aryl methyl sites for hydroxylation is 3. The summed E-state index contributed by atoms with van der Waals surface area (Å²) in [6.07, 6.45) is 0. The average Bonchev–Trinajstić information content (AvgIpc) is 2.42. The van der Waals surface area contributed by atoms with Gasteiger partial charge in [0.05, 0.1) is 10.0 Å². The van der Waals surface area contributed by atoms with E-state index in [9.17, 15) is 4.79 Å². The van der Waals surface area contributed by atoms with E-state index in [0.29, 0.717) is 15.8 Å². The minimum atomic E-state index is -0.258. The van der Waals surface area contributed by atoms with Crippen molar-refractivity contribution in [3.63, 3.8) is 0 Å². The second-order valence-electron chi connectivity index (χ2n) is 5.16. The molecule has 0 aliphatic carbocycles. The number of carbonyl (C=O) groups is 1. The van der Waals surface area contributed by atoms with Gasteiger partial charge in [0.1, 0.15) is 0 Å². The summed E-state index contributed by atoms with van der Waals surface area (Å²) in [6, 6.07) is 9.09. The van der Waals surface area contributed by atoms with E-state index >= 15 is 0 Å². The highest BCUT2D eigenvalue weighted by Crippen LogP contribution is 2.32. The summed E-state index contributed by atoms with van der Waals surface area (Å²) in [5.41, 5.74) is 4.00. The van der Waals surface area contributed by atoms with E-state index in [2.05, 4.69) is 5.32 Å². The Kier molecular flexibility index (Phi) is 5.33. The molecule has 0 saturated heterocycles. The fraction of sp³-hybridized carbons (Fsp3) is 0.235. The third kappa shape index (κ3) is 3.93. The van der Waals surface area contributed by atoms with E-state index < -0.39 is 0 Å². The molecule has 0 fully saturated rings. The zero-order chi connectivity index (χ0) is 16.3. The van der Waals surface area contributed by atoms with Gasteiger partial charge in [0.25, 0.3) is 5.91 Å². The molecule has 116 valence electrons. The number of para-hydroxylation sites is 1. The number of hydrogen-bond donors (Lipinski definition) is 1. The molecule has 2 rings (SSSR count). The van der Waals surface area contributed by atoms with Gasteiger partial charge in [0.2, 0.25) is 0 Å². The van der Waals surface area contributed by atoms with Gasteiger partial charge < -0.3 is 10.1 Å². The molecule has 2 aromatic carbocycles. The van der Waals surface area contributed by atoms with Crippen LogP contribution in [-0.2, 0) is 4.79 Å². The number of halogens is 2. The minimum absolute atomic E-state index is 0.157. The lowest BCUT2D eigenvalue weighted by Crippen LogP contribution is -2.21. The zero-order valence-corrected chi connectivity index (χ0v) is 14.2. The molecule has 0 aromatic heterocycles. The summed E-state index contributed by atoms with van der Waals surface area (Å²) in [6.45, 7) is 5.78. The fourth-order valence-electron chi connectivity index (χ4n) is 2.31. The summed E-state index contributed by atoms with van der Waals surface area (Å²) >= 11 is 12.0. The van der Waals surface area contributed by atoms with Crippen LogP contribution in [0.2, 0.25) is 10.0 Å². The molecule has 5 heteroatoms. The molecule has 0 radical (unpaired) electrons. The Morgan fingerprint density at radius 3 is 2.18 bits per heavy atom. The Balaban J connectivity index is 2.05. The van der Waals surface area contributed by atoms with Crippen molar-refractivity contribution in [2.45, 2.75) is 20.8 Å². The van der Waals surface area contributed by atoms with Gasteiger partial charge in [0.15, 0.2) is 12.4 Å². The molecule has 0 aliphatic rings. The van der Waals surface area contributed by atoms with Crippen LogP contribution in [0.4, 0.5) is 5.69 Å². The van der Waals surface area contributed by atoms with Crippen molar-refractivity contribution >= 4 is 34.8 Å². The number of carbonyl (C=O) groups excluding carboxylic acids is 1. The molecule has 0 unspecified atom stereocenters. The zero-order valence-electron chi connectivity index (χ0n) is 12.7. The molecular formula is C17H17Cl2NO2. The summed E-state index contributed by atoms with van der Waals surface area (Å²) < 4.78 is 5.43. The van der Waals surface area contributed by atoms with E-state index in [4.69, 9.17) is 27.9 Å². The highest BCUT2D eigenvalue weighted by molar-refractivity contribution is 6.37. The number of ether oxygens (including phenoxy) is 1. The van der Waals surface area contributed by atoms with Crippen LogP contribution in [0, 0.1) is 20.8 Å². The van der Waals surface area contributed by atoms with Gasteiger partial charge in [-0.2, -0.15) is 0 Å². The Morgan fingerprint density at radius 1 is 1.09 bits per heavy atom. The molecule has 2 aromatic rings. The number of hydrogen-bond acceptors (Lipinski definition) is 2. The SMILES string of the molecule is Cc1cc(C)c(NC(=O)COc2c(Cl)cccc2Cl)c(C)c1. The van der Waals surface area contributed by atoms with Gasteiger partial charge >= 0.3 is 0 Å². The standard InChI is InChI=1S/C17H17Cl2NO2/c1-10-7-11(2)16(12(3)8-10)20-15(21)9-22-17-13(18)5-4-6-14(17)19/h4-8H,9H2,1-3H3,(H,20,21). The van der Waals surface area contributed by atoms with E-state index in [1.807, 2.05) is 32.9 Å². The Labute approximate surface area is 140 Å². The highest BCUT2D eigenvalue weighted by Gasteiger charge is 2.12. The van der Waals surface area contributed by atoms with Crippen LogP contribution in [-0.4, -0.2) is 12.5 Å². The van der Waals surface area contributed by atoms with Crippen LogP contribution in [0.3, 0.4) is 0 Å². The molecule has 0 heterocycles. The second kappa shape index (κ2) is 7.03. The number of anilines is 1. The number of nitrogens with one attached hydrogen (secondary N) is 1. The third-order valence-corrected chi connectivity index (χ3v) is 3.80. The van der Waals surface area contributed by atoms with E-state index in [-0.39, 0.29) is 12.5 Å². The Morgan fingerprint density at radius 2 is 1.64 bits per heavy atom. The summed E-state index contributed by atoms with van der Waals surface area (Å²) in [5.74, 6) is 0.0596. The molecule has 0 spiro atoms. The lowest BCUT2D eigenvalue weighted by Gasteiger charge is -2.14. The number of amides is 1. The molecule has 22 heavy (non-hydrogen) atoms. The predicted molar refractivity (Wildman–Crippen MR) is 91.2 cm³/mol. The van der Waals surface area contributed by atoms with Gasteiger partial charge in [-0.05, 0) is 44.0 Å². The smallest absolute Gasteiger partial charge is 0.262 e. The molecule has 0 bridgehead atoms. The maximum absolute atomic E-state index is 12.1. The maximum atomic E-state index is 12.1. The first-order valence-corrected chi connectivity index (χ1v) is 7.58. The quantitative estimate of drug-likeness (QED) is 0.858. The molecule has 1 N–H and O–H groups in total. The van der Waals surface area contributed by atoms with Gasteiger partial charge in [-0.25, -0.2) is 0 Å². The number of rotatable bonds is 4. The van der Waals surface area contributed by atoms with Crippen LogP contribution >= 0.6 is 23.2 Å². The highest BCUT2D eigenvalue weighted by atomic mass is 35.5. The molecule has 0 aliphatic heterocycles. The van der Waals surface area contributed by atoms with Crippen molar-refractivity contribution in [3.05, 3.63) is 57.1 Å². The van der Waals surface area contributed by atoms with E-state index in [0.717, 1.165) is 22.4 Å². The molecule has 1 amide bonds. The van der Waals surface area contributed by atoms with Crippen molar-refractivity contribution in [1.29, 1.82) is 0 Å². The van der Waals surface area contributed by atoms with Crippen molar-refractivity contribution in [1.82, 2.24) is 0 Å². The van der Waals surface area contributed by atoms with Crippen molar-refractivity contribution in [2.75, 3.05) is 11.9 Å².